The van der Waals surface area contributed by atoms with Crippen molar-refractivity contribution in [3.05, 3.63) is 65.3 Å². The van der Waals surface area contributed by atoms with Gasteiger partial charge in [0.2, 0.25) is 0 Å². The lowest BCUT2D eigenvalue weighted by Gasteiger charge is -2.17. The smallest absolute Gasteiger partial charge is 0.276 e. The van der Waals surface area contributed by atoms with E-state index in [4.69, 9.17) is 18.7 Å². The molecule has 31 heavy (non-hydrogen) atoms. The van der Waals surface area contributed by atoms with Gasteiger partial charge in [-0.2, -0.15) is 0 Å². The molecule has 3 aromatic rings. The molecule has 0 bridgehead atoms. The number of carbonyl (C=O) groups excluding carboxylic acids is 1. The summed E-state index contributed by atoms with van der Waals surface area (Å²) in [5.41, 5.74) is 2.23. The summed E-state index contributed by atoms with van der Waals surface area (Å²) >= 11 is 0. The average Bonchev–Trinajstić information content (AvgIpc) is 3.48. The minimum absolute atomic E-state index is 0.156. The van der Waals surface area contributed by atoms with E-state index in [1.807, 2.05) is 37.3 Å². The van der Waals surface area contributed by atoms with Gasteiger partial charge in [-0.3, -0.25) is 9.78 Å². The standard InChI is InChI=1S/C23H25N3O5/c1-15-4-5-18(12-24-15)30-14-19-11-21(25-31-19)23(27)26-9-8-16(13-26)20-10-17(28-2)6-7-22(20)29-3/h4-7,10-12,16H,8-9,13-14H2,1-3H3. The SMILES string of the molecule is COc1ccc(OC)c(C2CCN(C(=O)c3cc(COc4ccc(C)nc4)on3)C2)c1. The second kappa shape index (κ2) is 9.07. The molecule has 8 heteroatoms. The van der Waals surface area contributed by atoms with E-state index < -0.39 is 0 Å². The number of nitrogens with zero attached hydrogens (tertiary/aromatic N) is 3. The molecule has 1 fully saturated rings. The highest BCUT2D eigenvalue weighted by Gasteiger charge is 2.31. The molecule has 1 aliphatic heterocycles. The Hall–Kier alpha value is -3.55. The molecule has 0 saturated carbocycles. The fourth-order valence-electron chi connectivity index (χ4n) is 3.69. The lowest BCUT2D eigenvalue weighted by atomic mass is 9.97. The molecule has 1 saturated heterocycles. The van der Waals surface area contributed by atoms with Gasteiger partial charge in [-0.25, -0.2) is 0 Å². The number of amides is 1. The number of hydrogen-bond donors (Lipinski definition) is 0. The number of rotatable bonds is 7. The summed E-state index contributed by atoms with van der Waals surface area (Å²) < 4.78 is 21.8. The number of benzene rings is 1. The minimum Gasteiger partial charge on any atom is -0.497 e. The zero-order chi connectivity index (χ0) is 21.8. The molecule has 1 aromatic carbocycles. The summed E-state index contributed by atoms with van der Waals surface area (Å²) in [5.74, 6) is 2.69. The van der Waals surface area contributed by atoms with Gasteiger partial charge in [0.25, 0.3) is 5.91 Å². The molecule has 2 aromatic heterocycles. The van der Waals surface area contributed by atoms with Crippen molar-refractivity contribution < 1.29 is 23.5 Å². The van der Waals surface area contributed by atoms with Gasteiger partial charge in [0.05, 0.1) is 20.4 Å². The van der Waals surface area contributed by atoms with Crippen LogP contribution >= 0.6 is 0 Å². The van der Waals surface area contributed by atoms with E-state index in [0.29, 0.717) is 24.6 Å². The molecule has 3 heterocycles. The minimum atomic E-state index is -0.156. The largest absolute Gasteiger partial charge is 0.497 e. The van der Waals surface area contributed by atoms with Crippen LogP contribution in [0.2, 0.25) is 0 Å². The molecule has 1 atom stereocenters. The maximum absolute atomic E-state index is 12.9. The predicted octanol–water partition coefficient (Wildman–Crippen LogP) is 3.60. The number of hydrogen-bond acceptors (Lipinski definition) is 7. The third-order valence-corrected chi connectivity index (χ3v) is 5.40. The van der Waals surface area contributed by atoms with Gasteiger partial charge < -0.3 is 23.6 Å². The zero-order valence-corrected chi connectivity index (χ0v) is 17.8. The number of pyridine rings is 1. The van der Waals surface area contributed by atoms with Crippen molar-refractivity contribution in [1.29, 1.82) is 0 Å². The van der Waals surface area contributed by atoms with Gasteiger partial charge >= 0.3 is 0 Å². The van der Waals surface area contributed by atoms with Crippen LogP contribution in [-0.2, 0) is 6.61 Å². The van der Waals surface area contributed by atoms with E-state index in [1.165, 1.54) is 0 Å². The number of likely N-dealkylation sites (tertiary alicyclic amines) is 1. The summed E-state index contributed by atoms with van der Waals surface area (Å²) in [6, 6.07) is 11.1. The Morgan fingerprint density at radius 1 is 1.16 bits per heavy atom. The normalized spacial score (nSPS) is 15.7. The lowest BCUT2D eigenvalue weighted by molar-refractivity contribution is 0.0780. The van der Waals surface area contributed by atoms with Gasteiger partial charge in [-0.05, 0) is 43.7 Å². The van der Waals surface area contributed by atoms with Crippen LogP contribution in [-0.4, -0.2) is 48.3 Å². The van der Waals surface area contributed by atoms with E-state index in [-0.39, 0.29) is 24.1 Å². The van der Waals surface area contributed by atoms with E-state index in [1.54, 1.807) is 31.4 Å². The van der Waals surface area contributed by atoms with Crippen LogP contribution in [0.25, 0.3) is 0 Å². The molecule has 1 amide bonds. The van der Waals surface area contributed by atoms with Crippen molar-refractivity contribution in [2.24, 2.45) is 0 Å². The van der Waals surface area contributed by atoms with Crippen LogP contribution in [0.1, 0.15) is 39.8 Å². The Labute approximate surface area is 180 Å². The van der Waals surface area contributed by atoms with Gasteiger partial charge in [-0.1, -0.05) is 5.16 Å². The van der Waals surface area contributed by atoms with Crippen LogP contribution in [0.5, 0.6) is 17.2 Å². The van der Waals surface area contributed by atoms with Crippen LogP contribution in [0.15, 0.2) is 47.1 Å². The first-order valence-electron chi connectivity index (χ1n) is 10.1. The number of aromatic nitrogens is 2. The van der Waals surface area contributed by atoms with Crippen LogP contribution in [0.4, 0.5) is 0 Å². The molecule has 4 rings (SSSR count). The summed E-state index contributed by atoms with van der Waals surface area (Å²) in [6.07, 6.45) is 2.48. The Morgan fingerprint density at radius 2 is 2.00 bits per heavy atom. The fourth-order valence-corrected chi connectivity index (χ4v) is 3.69. The fraction of sp³-hybridized carbons (Fsp3) is 0.348. The Balaban J connectivity index is 1.39. The van der Waals surface area contributed by atoms with Crippen molar-refractivity contribution in [1.82, 2.24) is 15.0 Å². The van der Waals surface area contributed by atoms with E-state index in [2.05, 4.69) is 10.1 Å². The van der Waals surface area contributed by atoms with E-state index in [0.717, 1.165) is 29.2 Å². The molecule has 0 N–H and O–H groups in total. The van der Waals surface area contributed by atoms with Crippen LogP contribution in [0.3, 0.4) is 0 Å². The second-order valence-electron chi connectivity index (χ2n) is 7.45. The monoisotopic (exact) mass is 423 g/mol. The maximum atomic E-state index is 12.9. The Bertz CT molecular complexity index is 1050. The number of carbonyl (C=O) groups is 1. The highest BCUT2D eigenvalue weighted by Crippen LogP contribution is 2.36. The number of aryl methyl sites for hydroxylation is 1. The van der Waals surface area contributed by atoms with Gasteiger partial charge in [0, 0.05) is 36.3 Å². The summed E-state index contributed by atoms with van der Waals surface area (Å²) in [4.78, 5) is 18.9. The quantitative estimate of drug-likeness (QED) is 0.574. The first-order chi connectivity index (χ1) is 15.1. The molecule has 0 aliphatic carbocycles. The molecular formula is C23H25N3O5. The summed E-state index contributed by atoms with van der Waals surface area (Å²) in [7, 11) is 3.28. The molecule has 0 spiro atoms. The van der Waals surface area contributed by atoms with Crippen molar-refractivity contribution in [2.45, 2.75) is 25.9 Å². The average molecular weight is 423 g/mol. The highest BCUT2D eigenvalue weighted by atomic mass is 16.5. The predicted molar refractivity (Wildman–Crippen MR) is 113 cm³/mol. The second-order valence-corrected chi connectivity index (χ2v) is 7.45. The first-order valence-corrected chi connectivity index (χ1v) is 10.1. The van der Waals surface area contributed by atoms with Gasteiger partial charge in [0.1, 0.15) is 23.9 Å². The van der Waals surface area contributed by atoms with Crippen molar-refractivity contribution >= 4 is 5.91 Å². The number of methoxy groups -OCH3 is 2. The highest BCUT2D eigenvalue weighted by molar-refractivity contribution is 5.92. The molecular weight excluding hydrogens is 398 g/mol. The van der Waals surface area contributed by atoms with E-state index in [9.17, 15) is 4.79 Å². The molecule has 162 valence electrons. The third-order valence-electron chi connectivity index (χ3n) is 5.40. The molecule has 0 radical (unpaired) electrons. The van der Waals surface area contributed by atoms with Gasteiger partial charge in [-0.15, -0.1) is 0 Å². The molecule has 1 unspecified atom stereocenters. The van der Waals surface area contributed by atoms with Crippen LogP contribution in [0, 0.1) is 6.92 Å². The molecule has 8 nitrogen and oxygen atoms in total. The Kier molecular flexibility index (Phi) is 6.06. The van der Waals surface area contributed by atoms with Gasteiger partial charge in [0.15, 0.2) is 11.5 Å². The third kappa shape index (κ3) is 4.63. The molecule has 1 aliphatic rings. The topological polar surface area (TPSA) is 86.9 Å². The maximum Gasteiger partial charge on any atom is 0.276 e. The van der Waals surface area contributed by atoms with Crippen molar-refractivity contribution in [2.75, 3.05) is 27.3 Å². The lowest BCUT2D eigenvalue weighted by Crippen LogP contribution is -2.28. The Morgan fingerprint density at radius 3 is 2.74 bits per heavy atom. The summed E-state index contributed by atoms with van der Waals surface area (Å²) in [5, 5.41) is 3.94. The zero-order valence-electron chi connectivity index (χ0n) is 17.8. The van der Waals surface area contributed by atoms with Crippen molar-refractivity contribution in [3.63, 3.8) is 0 Å². The summed E-state index contributed by atoms with van der Waals surface area (Å²) in [6.45, 7) is 3.30. The van der Waals surface area contributed by atoms with Crippen LogP contribution < -0.4 is 14.2 Å². The first kappa shape index (κ1) is 20.7. The van der Waals surface area contributed by atoms with E-state index >= 15 is 0 Å². The van der Waals surface area contributed by atoms with Crippen molar-refractivity contribution in [3.8, 4) is 17.2 Å². The number of ether oxygens (including phenoxy) is 3.